The first-order chi connectivity index (χ1) is 13.0. The molecule has 0 radical (unpaired) electrons. The maximum atomic E-state index is 13.5. The minimum Gasteiger partial charge on any atom is -0.489 e. The molecule has 1 aliphatic carbocycles. The fraction of sp³-hybridized carbons (Fsp3) is 0.632. The van der Waals surface area contributed by atoms with E-state index in [1.54, 1.807) is 0 Å². The average Bonchev–Trinajstić information content (AvgIpc) is 2.66. The molecule has 0 spiro atoms. The number of hydrogen-bond acceptors (Lipinski definition) is 3. The molecule has 0 saturated heterocycles. The third-order valence-electron chi connectivity index (χ3n) is 4.48. The molecule has 8 heteroatoms. The summed E-state index contributed by atoms with van der Waals surface area (Å²) in [5, 5.41) is 6.84. The van der Waals surface area contributed by atoms with Crippen molar-refractivity contribution in [1.82, 2.24) is 10.6 Å². The van der Waals surface area contributed by atoms with E-state index in [1.165, 1.54) is 6.07 Å². The summed E-state index contributed by atoms with van der Waals surface area (Å²) in [6, 6.07) is 3.47. The molecule has 3 atom stereocenters. The van der Waals surface area contributed by atoms with Crippen molar-refractivity contribution in [2.24, 2.45) is 4.99 Å². The van der Waals surface area contributed by atoms with Crippen molar-refractivity contribution in [2.75, 3.05) is 25.4 Å². The van der Waals surface area contributed by atoms with Crippen LogP contribution in [0.25, 0.3) is 0 Å². The SMILES string of the molecule is CCNC(=NCCOc1ccc(F)cc1F)NC1CCCC(S(=O)CC)C1. The van der Waals surface area contributed by atoms with Crippen LogP contribution in [-0.4, -0.2) is 46.9 Å². The van der Waals surface area contributed by atoms with Crippen molar-refractivity contribution in [3.05, 3.63) is 29.8 Å². The minimum atomic E-state index is -0.767. The van der Waals surface area contributed by atoms with Gasteiger partial charge in [-0.2, -0.15) is 0 Å². The molecule has 0 aromatic heterocycles. The minimum absolute atomic E-state index is 0.0155. The van der Waals surface area contributed by atoms with E-state index in [0.717, 1.165) is 44.4 Å². The lowest BCUT2D eigenvalue weighted by Crippen LogP contribution is -2.46. The van der Waals surface area contributed by atoms with Gasteiger partial charge in [0.05, 0.1) is 6.54 Å². The summed E-state index contributed by atoms with van der Waals surface area (Å²) in [5.41, 5.74) is 0. The van der Waals surface area contributed by atoms with E-state index in [4.69, 9.17) is 4.74 Å². The van der Waals surface area contributed by atoms with Gasteiger partial charge in [0.15, 0.2) is 17.5 Å². The predicted octanol–water partition coefficient (Wildman–Crippen LogP) is 2.98. The third-order valence-corrected chi connectivity index (χ3v) is 6.22. The van der Waals surface area contributed by atoms with Gasteiger partial charge in [-0.25, -0.2) is 13.8 Å². The number of aliphatic imine (C=N–C) groups is 1. The molecule has 3 unspecified atom stereocenters. The molecule has 1 saturated carbocycles. The second-order valence-corrected chi connectivity index (χ2v) is 8.49. The molecule has 0 amide bonds. The van der Waals surface area contributed by atoms with Crippen molar-refractivity contribution >= 4 is 16.8 Å². The monoisotopic (exact) mass is 401 g/mol. The van der Waals surface area contributed by atoms with Crippen LogP contribution in [0.15, 0.2) is 23.2 Å². The maximum Gasteiger partial charge on any atom is 0.191 e. The van der Waals surface area contributed by atoms with Gasteiger partial charge in [0.25, 0.3) is 0 Å². The molecule has 1 fully saturated rings. The van der Waals surface area contributed by atoms with E-state index in [9.17, 15) is 13.0 Å². The number of rotatable bonds is 8. The van der Waals surface area contributed by atoms with Crippen LogP contribution < -0.4 is 15.4 Å². The largest absolute Gasteiger partial charge is 0.489 e. The van der Waals surface area contributed by atoms with Crippen molar-refractivity contribution in [3.8, 4) is 5.75 Å². The Bertz CT molecular complexity index is 658. The van der Waals surface area contributed by atoms with Crippen LogP contribution in [0.4, 0.5) is 8.78 Å². The first-order valence-corrected chi connectivity index (χ1v) is 10.9. The third kappa shape index (κ3) is 7.08. The van der Waals surface area contributed by atoms with E-state index in [-0.39, 0.29) is 23.6 Å². The Kier molecular flexibility index (Phi) is 8.97. The quantitative estimate of drug-likeness (QED) is 0.399. The van der Waals surface area contributed by atoms with Crippen LogP contribution >= 0.6 is 0 Å². The zero-order valence-electron chi connectivity index (χ0n) is 16.0. The molecule has 27 heavy (non-hydrogen) atoms. The van der Waals surface area contributed by atoms with Crippen LogP contribution in [0.1, 0.15) is 39.5 Å². The Labute approximate surface area is 162 Å². The standard InChI is InChI=1S/C19H29F2N3O2S/c1-3-22-19(24-15-6-5-7-16(13-15)27(25)4-2)23-10-11-26-18-9-8-14(20)12-17(18)21/h8-9,12,15-16H,3-7,10-11,13H2,1-2H3,(H2,22,23,24). The summed E-state index contributed by atoms with van der Waals surface area (Å²) in [7, 11) is -0.767. The molecule has 152 valence electrons. The Hall–Kier alpha value is -1.70. The molecule has 1 aliphatic rings. The van der Waals surface area contributed by atoms with E-state index < -0.39 is 22.4 Å². The van der Waals surface area contributed by atoms with Gasteiger partial charge in [-0.1, -0.05) is 13.3 Å². The van der Waals surface area contributed by atoms with Crippen LogP contribution in [0.2, 0.25) is 0 Å². The molecular formula is C19H29F2N3O2S. The fourth-order valence-electron chi connectivity index (χ4n) is 3.17. The number of nitrogens with zero attached hydrogens (tertiary/aromatic N) is 1. The molecule has 5 nitrogen and oxygen atoms in total. The Morgan fingerprint density at radius 3 is 2.85 bits per heavy atom. The van der Waals surface area contributed by atoms with Gasteiger partial charge in [-0.05, 0) is 38.3 Å². The highest BCUT2D eigenvalue weighted by atomic mass is 32.2. The number of guanidine groups is 1. The molecule has 0 aliphatic heterocycles. The Morgan fingerprint density at radius 2 is 2.15 bits per heavy atom. The summed E-state index contributed by atoms with van der Waals surface area (Å²) in [6.07, 6.45) is 3.98. The van der Waals surface area contributed by atoms with Gasteiger partial charge in [0.1, 0.15) is 12.4 Å². The summed E-state index contributed by atoms with van der Waals surface area (Å²) < 4.78 is 43.9. The summed E-state index contributed by atoms with van der Waals surface area (Å²) in [5.74, 6) is 0.0332. The fourth-order valence-corrected chi connectivity index (χ4v) is 4.52. The molecule has 1 aromatic rings. The number of benzene rings is 1. The van der Waals surface area contributed by atoms with Crippen LogP contribution in [-0.2, 0) is 10.8 Å². The zero-order valence-corrected chi connectivity index (χ0v) is 16.8. The molecule has 0 bridgehead atoms. The van der Waals surface area contributed by atoms with Crippen molar-refractivity contribution in [1.29, 1.82) is 0 Å². The maximum absolute atomic E-state index is 13.5. The van der Waals surface area contributed by atoms with Crippen molar-refractivity contribution < 1.29 is 17.7 Å². The second-order valence-electron chi connectivity index (χ2n) is 6.48. The Balaban J connectivity index is 1.85. The van der Waals surface area contributed by atoms with E-state index in [1.807, 2.05) is 13.8 Å². The average molecular weight is 402 g/mol. The highest BCUT2D eigenvalue weighted by molar-refractivity contribution is 7.85. The van der Waals surface area contributed by atoms with Crippen LogP contribution in [0.3, 0.4) is 0 Å². The number of hydrogen-bond donors (Lipinski definition) is 2. The lowest BCUT2D eigenvalue weighted by atomic mass is 9.95. The first-order valence-electron chi connectivity index (χ1n) is 9.53. The first kappa shape index (κ1) is 21.6. The number of ether oxygens (including phenoxy) is 1. The topological polar surface area (TPSA) is 62.7 Å². The van der Waals surface area contributed by atoms with Gasteiger partial charge in [0.2, 0.25) is 0 Å². The Morgan fingerprint density at radius 1 is 1.33 bits per heavy atom. The van der Waals surface area contributed by atoms with Gasteiger partial charge >= 0.3 is 0 Å². The predicted molar refractivity (Wildman–Crippen MR) is 106 cm³/mol. The van der Waals surface area contributed by atoms with E-state index >= 15 is 0 Å². The normalized spacial score (nSPS) is 21.6. The summed E-state index contributed by atoms with van der Waals surface area (Å²) in [6.45, 7) is 5.19. The zero-order chi connectivity index (χ0) is 19.6. The van der Waals surface area contributed by atoms with E-state index in [0.29, 0.717) is 18.3 Å². The van der Waals surface area contributed by atoms with Crippen molar-refractivity contribution in [2.45, 2.75) is 50.8 Å². The molecule has 0 heterocycles. The van der Waals surface area contributed by atoms with Crippen molar-refractivity contribution in [3.63, 3.8) is 0 Å². The van der Waals surface area contributed by atoms with Gasteiger partial charge < -0.3 is 15.4 Å². The van der Waals surface area contributed by atoms with Crippen LogP contribution in [0.5, 0.6) is 5.75 Å². The highest BCUT2D eigenvalue weighted by Crippen LogP contribution is 2.23. The lowest BCUT2D eigenvalue weighted by Gasteiger charge is -2.30. The van der Waals surface area contributed by atoms with Crippen LogP contribution in [0, 0.1) is 11.6 Å². The van der Waals surface area contributed by atoms with Gasteiger partial charge in [-0.3, -0.25) is 4.21 Å². The number of nitrogens with one attached hydrogen (secondary N) is 2. The van der Waals surface area contributed by atoms with E-state index in [2.05, 4.69) is 15.6 Å². The summed E-state index contributed by atoms with van der Waals surface area (Å²) >= 11 is 0. The van der Waals surface area contributed by atoms with Gasteiger partial charge in [0, 0.05) is 40.5 Å². The van der Waals surface area contributed by atoms with Gasteiger partial charge in [-0.15, -0.1) is 0 Å². The number of halogens is 2. The molecular weight excluding hydrogens is 372 g/mol. The lowest BCUT2D eigenvalue weighted by molar-refractivity contribution is 0.310. The molecule has 2 rings (SSSR count). The highest BCUT2D eigenvalue weighted by Gasteiger charge is 2.26. The molecule has 2 N–H and O–H groups in total. The smallest absolute Gasteiger partial charge is 0.191 e. The second kappa shape index (κ2) is 11.2. The molecule has 1 aromatic carbocycles. The summed E-state index contributed by atoms with van der Waals surface area (Å²) in [4.78, 5) is 4.46.